The smallest absolute Gasteiger partial charge is 0.328 e. The number of methoxy groups -OCH3 is 1. The van der Waals surface area contributed by atoms with Gasteiger partial charge in [0.05, 0.1) is 17.1 Å². The molecule has 0 aliphatic carbocycles. The lowest BCUT2D eigenvalue weighted by atomic mass is 10.2. The molecule has 2 rings (SSSR count). The lowest BCUT2D eigenvalue weighted by Crippen LogP contribution is -2.44. The molecule has 1 fully saturated rings. The summed E-state index contributed by atoms with van der Waals surface area (Å²) in [6.45, 7) is 0.613. The van der Waals surface area contributed by atoms with Crippen LogP contribution in [0, 0.1) is 0 Å². The van der Waals surface area contributed by atoms with Crippen LogP contribution >= 0.6 is 0 Å². The minimum absolute atomic E-state index is 0.0737. The number of rotatable bonds is 7. The maximum absolute atomic E-state index is 12.9. The number of carboxylic acid groups (broad SMARTS) is 1. The third-order valence-corrected chi connectivity index (χ3v) is 5.96. The Kier molecular flexibility index (Phi) is 6.51. The molecule has 8 nitrogen and oxygen atoms in total. The third-order valence-electron chi connectivity index (χ3n) is 4.00. The normalized spacial score (nSPS) is 17.0. The van der Waals surface area contributed by atoms with Crippen LogP contribution in [0.15, 0.2) is 29.2 Å². The van der Waals surface area contributed by atoms with Gasteiger partial charge in [0.2, 0.25) is 10.0 Å². The molecule has 0 saturated carbocycles. The fourth-order valence-corrected chi connectivity index (χ4v) is 4.41. The summed E-state index contributed by atoms with van der Waals surface area (Å²) in [7, 11) is -2.50. The van der Waals surface area contributed by atoms with E-state index in [-0.39, 0.29) is 17.1 Å². The van der Waals surface area contributed by atoms with Gasteiger partial charge in [0.1, 0.15) is 0 Å². The number of benzene rings is 1. The average molecular weight is 370 g/mol. The van der Waals surface area contributed by atoms with Crippen LogP contribution in [0.25, 0.3) is 0 Å². The molecule has 0 spiro atoms. The molecule has 1 amide bonds. The van der Waals surface area contributed by atoms with Gasteiger partial charge in [-0.2, -0.15) is 4.31 Å². The Morgan fingerprint density at radius 3 is 2.48 bits per heavy atom. The number of carbonyl (C=O) groups excluding carboxylic acids is 1. The number of hydrogen-bond donors (Lipinski definition) is 2. The van der Waals surface area contributed by atoms with Crippen molar-refractivity contribution in [3.63, 3.8) is 0 Å². The van der Waals surface area contributed by atoms with E-state index in [0.29, 0.717) is 13.1 Å². The van der Waals surface area contributed by atoms with Crippen molar-refractivity contribution >= 4 is 21.9 Å². The van der Waals surface area contributed by atoms with Crippen molar-refractivity contribution in [3.05, 3.63) is 29.8 Å². The van der Waals surface area contributed by atoms with E-state index < -0.39 is 27.9 Å². The van der Waals surface area contributed by atoms with E-state index >= 15 is 0 Å². The van der Waals surface area contributed by atoms with Crippen molar-refractivity contribution in [3.8, 4) is 0 Å². The lowest BCUT2D eigenvalue weighted by Gasteiger charge is -2.26. The molecule has 1 heterocycles. The van der Waals surface area contributed by atoms with Gasteiger partial charge < -0.3 is 15.2 Å². The van der Waals surface area contributed by atoms with Gasteiger partial charge in [-0.15, -0.1) is 0 Å². The Labute approximate surface area is 146 Å². The van der Waals surface area contributed by atoms with E-state index in [0.717, 1.165) is 19.3 Å². The minimum atomic E-state index is -3.81. The van der Waals surface area contributed by atoms with Gasteiger partial charge in [0, 0.05) is 20.2 Å². The van der Waals surface area contributed by atoms with E-state index in [9.17, 15) is 18.0 Å². The van der Waals surface area contributed by atoms with Gasteiger partial charge in [-0.05, 0) is 25.0 Å². The molecule has 1 aliphatic heterocycles. The fraction of sp³-hybridized carbons (Fsp3) is 0.500. The Hall–Kier alpha value is -1.97. The van der Waals surface area contributed by atoms with Crippen molar-refractivity contribution in [2.75, 3.05) is 26.8 Å². The van der Waals surface area contributed by atoms with Crippen LogP contribution in [0.1, 0.15) is 29.6 Å². The highest BCUT2D eigenvalue weighted by Gasteiger charge is 2.31. The SMILES string of the molecule is COCC(NC(=O)c1ccccc1S(=O)(=O)N1CCCCC1)C(=O)O. The van der Waals surface area contributed by atoms with E-state index in [1.165, 1.54) is 35.7 Å². The second kappa shape index (κ2) is 8.41. The molecule has 1 atom stereocenters. The monoisotopic (exact) mass is 370 g/mol. The third kappa shape index (κ3) is 4.56. The summed E-state index contributed by atoms with van der Waals surface area (Å²) in [6.07, 6.45) is 2.54. The number of sulfonamides is 1. The number of ether oxygens (including phenoxy) is 1. The molecule has 2 N–H and O–H groups in total. The van der Waals surface area contributed by atoms with Crippen molar-refractivity contribution in [1.29, 1.82) is 0 Å². The van der Waals surface area contributed by atoms with E-state index in [1.54, 1.807) is 0 Å². The lowest BCUT2D eigenvalue weighted by molar-refractivity contribution is -0.140. The summed E-state index contributed by atoms with van der Waals surface area (Å²) in [6, 6.07) is 4.56. The van der Waals surface area contributed by atoms with Crippen molar-refractivity contribution < 1.29 is 27.9 Å². The molecule has 138 valence electrons. The molecule has 0 aromatic heterocycles. The zero-order valence-electron chi connectivity index (χ0n) is 14.0. The molecule has 1 aromatic carbocycles. The van der Waals surface area contributed by atoms with E-state index in [1.807, 2.05) is 0 Å². The molecular weight excluding hydrogens is 348 g/mol. The predicted octanol–water partition coefficient (Wildman–Crippen LogP) is 0.691. The number of carboxylic acids is 1. The quantitative estimate of drug-likeness (QED) is 0.730. The van der Waals surface area contributed by atoms with Crippen LogP contribution in [0.3, 0.4) is 0 Å². The van der Waals surface area contributed by atoms with E-state index in [4.69, 9.17) is 9.84 Å². The van der Waals surface area contributed by atoms with Crippen LogP contribution in [0.4, 0.5) is 0 Å². The molecule has 25 heavy (non-hydrogen) atoms. The average Bonchev–Trinajstić information content (AvgIpc) is 2.62. The Bertz CT molecular complexity index is 728. The van der Waals surface area contributed by atoms with Crippen molar-refractivity contribution in [2.45, 2.75) is 30.2 Å². The Morgan fingerprint density at radius 1 is 1.24 bits per heavy atom. The second-order valence-corrected chi connectivity index (χ2v) is 7.69. The number of aliphatic carboxylic acids is 1. The molecule has 1 aromatic rings. The van der Waals surface area contributed by atoms with Gasteiger partial charge in [-0.1, -0.05) is 18.6 Å². The topological polar surface area (TPSA) is 113 Å². The van der Waals surface area contributed by atoms with Gasteiger partial charge in [-0.25, -0.2) is 13.2 Å². The summed E-state index contributed by atoms with van der Waals surface area (Å²) in [5.41, 5.74) is -0.0737. The van der Waals surface area contributed by atoms with Gasteiger partial charge in [0.15, 0.2) is 6.04 Å². The maximum Gasteiger partial charge on any atom is 0.328 e. The van der Waals surface area contributed by atoms with Crippen molar-refractivity contribution in [1.82, 2.24) is 9.62 Å². The van der Waals surface area contributed by atoms with Gasteiger partial charge in [0.25, 0.3) is 5.91 Å². The first-order valence-electron chi connectivity index (χ1n) is 7.99. The van der Waals surface area contributed by atoms with Crippen LogP contribution in [0.5, 0.6) is 0 Å². The number of amides is 1. The summed E-state index contributed by atoms with van der Waals surface area (Å²) in [5.74, 6) is -2.02. The molecule has 1 saturated heterocycles. The van der Waals surface area contributed by atoms with Gasteiger partial charge in [-0.3, -0.25) is 4.79 Å². The molecule has 1 aliphatic rings. The molecule has 1 unspecified atom stereocenters. The fourth-order valence-electron chi connectivity index (χ4n) is 2.70. The number of nitrogens with one attached hydrogen (secondary N) is 1. The van der Waals surface area contributed by atoms with Crippen LogP contribution in [0.2, 0.25) is 0 Å². The van der Waals surface area contributed by atoms with Crippen molar-refractivity contribution in [2.24, 2.45) is 0 Å². The second-order valence-electron chi connectivity index (χ2n) is 5.78. The first-order chi connectivity index (χ1) is 11.9. The number of hydrogen-bond acceptors (Lipinski definition) is 5. The summed E-state index contributed by atoms with van der Waals surface area (Å²) in [4.78, 5) is 23.5. The van der Waals surface area contributed by atoms with Gasteiger partial charge >= 0.3 is 5.97 Å². The summed E-state index contributed by atoms with van der Waals surface area (Å²) in [5, 5.41) is 11.4. The van der Waals surface area contributed by atoms with E-state index in [2.05, 4.69) is 5.32 Å². The first-order valence-corrected chi connectivity index (χ1v) is 9.43. The number of carbonyl (C=O) groups is 2. The summed E-state index contributed by atoms with van der Waals surface area (Å²) < 4.78 is 31.9. The van der Waals surface area contributed by atoms with Crippen LogP contribution < -0.4 is 5.32 Å². The highest BCUT2D eigenvalue weighted by Crippen LogP contribution is 2.23. The number of nitrogens with zero attached hydrogens (tertiary/aromatic N) is 1. The number of piperidine rings is 1. The summed E-state index contributed by atoms with van der Waals surface area (Å²) >= 11 is 0. The predicted molar refractivity (Wildman–Crippen MR) is 89.8 cm³/mol. The van der Waals surface area contributed by atoms with Crippen LogP contribution in [-0.4, -0.2) is 62.6 Å². The van der Waals surface area contributed by atoms with Crippen LogP contribution in [-0.2, 0) is 19.6 Å². The molecule has 9 heteroatoms. The molecular formula is C16H22N2O6S. The molecule has 0 bridgehead atoms. The Morgan fingerprint density at radius 2 is 1.88 bits per heavy atom. The zero-order valence-corrected chi connectivity index (χ0v) is 14.8. The largest absolute Gasteiger partial charge is 0.480 e. The maximum atomic E-state index is 12.9. The highest BCUT2D eigenvalue weighted by atomic mass is 32.2. The zero-order chi connectivity index (χ0) is 18.4. The first kappa shape index (κ1) is 19.4. The minimum Gasteiger partial charge on any atom is -0.480 e. The molecule has 0 radical (unpaired) electrons. The Balaban J connectivity index is 2.30. The standard InChI is InChI=1S/C16H22N2O6S/c1-24-11-13(16(20)21)17-15(19)12-7-3-4-8-14(12)25(22,23)18-9-5-2-6-10-18/h3-4,7-8,13H,2,5-6,9-11H2,1H3,(H,17,19)(H,20,21). The highest BCUT2D eigenvalue weighted by molar-refractivity contribution is 7.89.